The predicted octanol–water partition coefficient (Wildman–Crippen LogP) is 0.746. The standard InChI is InChI=1S/C13H22N2O3/c16-12(6-7-14-10-4-5-10)15-8-9-2-1-3-11(9)13(17)18/h9-11,14H,1-8H2,(H,15,16)(H,17,18). The van der Waals surface area contributed by atoms with Crippen molar-refractivity contribution >= 4 is 11.9 Å². The molecule has 0 aromatic heterocycles. The lowest BCUT2D eigenvalue weighted by Crippen LogP contribution is -2.34. The van der Waals surface area contributed by atoms with Gasteiger partial charge in [-0.3, -0.25) is 9.59 Å². The number of carboxylic acid groups (broad SMARTS) is 1. The van der Waals surface area contributed by atoms with Crippen molar-refractivity contribution in [2.75, 3.05) is 13.1 Å². The van der Waals surface area contributed by atoms with Gasteiger partial charge in [0.2, 0.25) is 5.91 Å². The van der Waals surface area contributed by atoms with Gasteiger partial charge in [0.05, 0.1) is 5.92 Å². The van der Waals surface area contributed by atoms with Crippen LogP contribution in [0.3, 0.4) is 0 Å². The largest absolute Gasteiger partial charge is 0.481 e. The maximum atomic E-state index is 11.6. The summed E-state index contributed by atoms with van der Waals surface area (Å²) in [7, 11) is 0. The first-order valence-electron chi connectivity index (χ1n) is 6.89. The number of aliphatic carboxylic acids is 1. The molecule has 2 atom stereocenters. The van der Waals surface area contributed by atoms with Gasteiger partial charge in [-0.05, 0) is 31.6 Å². The summed E-state index contributed by atoms with van der Waals surface area (Å²) in [4.78, 5) is 22.6. The van der Waals surface area contributed by atoms with Crippen molar-refractivity contribution in [3.05, 3.63) is 0 Å². The summed E-state index contributed by atoms with van der Waals surface area (Å²) in [5, 5.41) is 15.2. The first kappa shape index (κ1) is 13.3. The Hall–Kier alpha value is -1.10. The lowest BCUT2D eigenvalue weighted by molar-refractivity contribution is -0.143. The number of hydrogen-bond donors (Lipinski definition) is 3. The zero-order valence-corrected chi connectivity index (χ0v) is 10.7. The van der Waals surface area contributed by atoms with Crippen LogP contribution in [0.25, 0.3) is 0 Å². The molecule has 0 aromatic carbocycles. The molecule has 3 N–H and O–H groups in total. The molecule has 18 heavy (non-hydrogen) atoms. The third kappa shape index (κ3) is 3.98. The van der Waals surface area contributed by atoms with Crippen LogP contribution in [-0.2, 0) is 9.59 Å². The minimum absolute atomic E-state index is 0.0270. The Morgan fingerprint density at radius 1 is 1.17 bits per heavy atom. The van der Waals surface area contributed by atoms with Crippen molar-refractivity contribution in [2.24, 2.45) is 11.8 Å². The highest BCUT2D eigenvalue weighted by molar-refractivity contribution is 5.76. The van der Waals surface area contributed by atoms with Crippen molar-refractivity contribution in [3.63, 3.8) is 0 Å². The third-order valence-electron chi connectivity index (χ3n) is 3.90. The highest BCUT2D eigenvalue weighted by Crippen LogP contribution is 2.31. The van der Waals surface area contributed by atoms with Crippen LogP contribution in [0.1, 0.15) is 38.5 Å². The van der Waals surface area contributed by atoms with Gasteiger partial charge >= 0.3 is 5.97 Å². The van der Waals surface area contributed by atoms with E-state index in [0.717, 1.165) is 25.8 Å². The summed E-state index contributed by atoms with van der Waals surface area (Å²) in [6, 6.07) is 0.629. The summed E-state index contributed by atoms with van der Waals surface area (Å²) in [5.74, 6) is -0.848. The molecule has 102 valence electrons. The molecular weight excluding hydrogens is 232 g/mol. The van der Waals surface area contributed by atoms with E-state index < -0.39 is 5.97 Å². The summed E-state index contributed by atoms with van der Waals surface area (Å²) in [6.07, 6.45) is 5.56. The van der Waals surface area contributed by atoms with Gasteiger partial charge in [-0.25, -0.2) is 0 Å². The number of carbonyl (C=O) groups excluding carboxylic acids is 1. The van der Waals surface area contributed by atoms with Crippen LogP contribution in [0.2, 0.25) is 0 Å². The molecule has 2 fully saturated rings. The minimum atomic E-state index is -0.720. The van der Waals surface area contributed by atoms with E-state index in [1.54, 1.807) is 0 Å². The second-order valence-corrected chi connectivity index (χ2v) is 5.42. The van der Waals surface area contributed by atoms with E-state index in [4.69, 9.17) is 5.11 Å². The average molecular weight is 254 g/mol. The lowest BCUT2D eigenvalue weighted by atomic mass is 9.96. The van der Waals surface area contributed by atoms with Gasteiger partial charge in [0.25, 0.3) is 0 Å². The van der Waals surface area contributed by atoms with Gasteiger partial charge in [0.15, 0.2) is 0 Å². The molecule has 5 nitrogen and oxygen atoms in total. The quantitative estimate of drug-likeness (QED) is 0.626. The van der Waals surface area contributed by atoms with Crippen LogP contribution in [0, 0.1) is 11.8 Å². The van der Waals surface area contributed by atoms with Crippen LogP contribution >= 0.6 is 0 Å². The topological polar surface area (TPSA) is 78.4 Å². The van der Waals surface area contributed by atoms with Gasteiger partial charge < -0.3 is 15.7 Å². The van der Waals surface area contributed by atoms with Crippen LogP contribution < -0.4 is 10.6 Å². The maximum absolute atomic E-state index is 11.6. The van der Waals surface area contributed by atoms with Gasteiger partial charge in [-0.2, -0.15) is 0 Å². The Labute approximate surface area is 107 Å². The monoisotopic (exact) mass is 254 g/mol. The Balaban J connectivity index is 1.60. The molecular formula is C13H22N2O3. The number of nitrogens with one attached hydrogen (secondary N) is 2. The average Bonchev–Trinajstić information content (AvgIpc) is 3.02. The fraction of sp³-hybridized carbons (Fsp3) is 0.846. The Bertz CT molecular complexity index is 315. The Kier molecular flexibility index (Phi) is 4.58. The molecule has 0 spiro atoms. The van der Waals surface area contributed by atoms with E-state index in [-0.39, 0.29) is 17.7 Å². The van der Waals surface area contributed by atoms with E-state index in [2.05, 4.69) is 10.6 Å². The van der Waals surface area contributed by atoms with E-state index in [0.29, 0.717) is 19.0 Å². The first-order valence-corrected chi connectivity index (χ1v) is 6.89. The predicted molar refractivity (Wildman–Crippen MR) is 67.1 cm³/mol. The van der Waals surface area contributed by atoms with Gasteiger partial charge in [-0.15, -0.1) is 0 Å². The molecule has 2 aliphatic carbocycles. The van der Waals surface area contributed by atoms with Gasteiger partial charge in [0.1, 0.15) is 0 Å². The smallest absolute Gasteiger partial charge is 0.306 e. The highest BCUT2D eigenvalue weighted by Gasteiger charge is 2.32. The molecule has 0 heterocycles. The van der Waals surface area contributed by atoms with Crippen LogP contribution in [-0.4, -0.2) is 36.1 Å². The zero-order chi connectivity index (χ0) is 13.0. The van der Waals surface area contributed by atoms with Crippen molar-refractivity contribution in [2.45, 2.75) is 44.6 Å². The molecule has 0 aliphatic heterocycles. The molecule has 0 saturated heterocycles. The van der Waals surface area contributed by atoms with Crippen molar-refractivity contribution in [1.29, 1.82) is 0 Å². The van der Waals surface area contributed by atoms with Gasteiger partial charge in [0, 0.05) is 25.6 Å². The van der Waals surface area contributed by atoms with Crippen molar-refractivity contribution in [1.82, 2.24) is 10.6 Å². The van der Waals surface area contributed by atoms with E-state index in [1.165, 1.54) is 12.8 Å². The summed E-state index contributed by atoms with van der Waals surface area (Å²) >= 11 is 0. The van der Waals surface area contributed by atoms with Gasteiger partial charge in [-0.1, -0.05) is 6.42 Å². The fourth-order valence-electron chi connectivity index (χ4n) is 2.62. The Morgan fingerprint density at radius 2 is 1.94 bits per heavy atom. The first-order chi connectivity index (χ1) is 8.66. The number of carbonyl (C=O) groups is 2. The highest BCUT2D eigenvalue weighted by atomic mass is 16.4. The normalized spacial score (nSPS) is 27.1. The van der Waals surface area contributed by atoms with Crippen LogP contribution in [0.15, 0.2) is 0 Å². The number of hydrogen-bond acceptors (Lipinski definition) is 3. The molecule has 2 aliphatic rings. The fourth-order valence-corrected chi connectivity index (χ4v) is 2.62. The number of rotatable bonds is 7. The van der Waals surface area contributed by atoms with Crippen LogP contribution in [0.4, 0.5) is 0 Å². The molecule has 0 bridgehead atoms. The molecule has 2 rings (SSSR count). The third-order valence-corrected chi connectivity index (χ3v) is 3.90. The second kappa shape index (κ2) is 6.18. The molecule has 5 heteroatoms. The number of amides is 1. The van der Waals surface area contributed by atoms with Crippen molar-refractivity contribution < 1.29 is 14.7 Å². The van der Waals surface area contributed by atoms with E-state index in [1.807, 2.05) is 0 Å². The summed E-state index contributed by atoms with van der Waals surface area (Å²) in [6.45, 7) is 1.24. The summed E-state index contributed by atoms with van der Waals surface area (Å²) < 4.78 is 0. The maximum Gasteiger partial charge on any atom is 0.306 e. The molecule has 0 aromatic rings. The molecule has 1 amide bonds. The minimum Gasteiger partial charge on any atom is -0.481 e. The SMILES string of the molecule is O=C(CCNC1CC1)NCC1CCCC1C(=O)O. The molecule has 0 radical (unpaired) electrons. The Morgan fingerprint density at radius 3 is 2.61 bits per heavy atom. The number of carboxylic acids is 1. The van der Waals surface area contributed by atoms with Crippen LogP contribution in [0.5, 0.6) is 0 Å². The molecule has 2 saturated carbocycles. The van der Waals surface area contributed by atoms with Crippen molar-refractivity contribution in [3.8, 4) is 0 Å². The van der Waals surface area contributed by atoms with E-state index >= 15 is 0 Å². The summed E-state index contributed by atoms with van der Waals surface area (Å²) in [5.41, 5.74) is 0. The van der Waals surface area contributed by atoms with E-state index in [9.17, 15) is 9.59 Å². The lowest BCUT2D eigenvalue weighted by Gasteiger charge is -2.16. The second-order valence-electron chi connectivity index (χ2n) is 5.42. The zero-order valence-electron chi connectivity index (χ0n) is 10.7. The molecule has 2 unspecified atom stereocenters.